The standard InChI is InChI=1S/C21H19N4O2.C2H4O2.Na/c1-2-27-20-16(13-12-15-8-6-7-11-18(15)20)14-19-21(26)24-25(23-19)22-17-9-4-3-5-10-17;1-2(3)4;/h4-14,22-23H,2H2,1H3,(H,24,26);1H3,(H,3,4);/q-1;;+1. The van der Waals surface area contributed by atoms with Crippen LogP contribution in [0.25, 0.3) is 16.8 Å². The molecule has 160 valence electrons. The average Bonchev–Trinajstić information content (AvgIpc) is 3.08. The molecule has 1 saturated heterocycles. The van der Waals surface area contributed by atoms with Gasteiger partial charge in [-0.25, -0.2) is 5.43 Å². The maximum absolute atomic E-state index is 12.3. The molecule has 3 aromatic rings. The molecule has 9 heteroatoms. The number of fused-ring (bicyclic) bond motifs is 1. The second-order valence-corrected chi connectivity index (χ2v) is 6.50. The summed E-state index contributed by atoms with van der Waals surface area (Å²) in [5, 5.41) is 10.9. The van der Waals surface area contributed by atoms with E-state index in [2.05, 4.69) is 22.3 Å². The minimum atomic E-state index is -0.833. The van der Waals surface area contributed by atoms with Gasteiger partial charge in [-0.3, -0.25) is 15.0 Å². The molecule has 1 amide bonds. The van der Waals surface area contributed by atoms with Crippen molar-refractivity contribution >= 4 is 34.4 Å². The maximum Gasteiger partial charge on any atom is 1.00 e. The van der Waals surface area contributed by atoms with Gasteiger partial charge in [0.1, 0.15) is 11.4 Å². The Labute approximate surface area is 208 Å². The largest absolute Gasteiger partial charge is 1.00 e. The third-order valence-corrected chi connectivity index (χ3v) is 4.15. The number of aliphatic carboxylic acids is 1. The van der Waals surface area contributed by atoms with Crippen molar-refractivity contribution in [3.8, 4) is 5.75 Å². The van der Waals surface area contributed by atoms with E-state index in [0.717, 1.165) is 34.7 Å². The van der Waals surface area contributed by atoms with Crippen molar-refractivity contribution in [2.24, 2.45) is 0 Å². The molecule has 32 heavy (non-hydrogen) atoms. The number of hydrogen-bond acceptors (Lipinski definition) is 6. The average molecular weight is 442 g/mol. The summed E-state index contributed by atoms with van der Waals surface area (Å²) in [5.74, 6) is -0.302. The third kappa shape index (κ3) is 6.73. The molecule has 0 spiro atoms. The molecular weight excluding hydrogens is 419 g/mol. The zero-order valence-electron chi connectivity index (χ0n) is 18.2. The van der Waals surface area contributed by atoms with Gasteiger partial charge in [0.05, 0.1) is 6.61 Å². The van der Waals surface area contributed by atoms with E-state index in [1.54, 1.807) is 18.2 Å². The number of carboxylic acids is 1. The van der Waals surface area contributed by atoms with E-state index >= 15 is 0 Å². The molecule has 0 aliphatic carbocycles. The molecule has 0 aromatic heterocycles. The molecule has 4 rings (SSSR count). The monoisotopic (exact) mass is 442 g/mol. The number of nitrogens with zero attached hydrogens (tertiary/aromatic N) is 1. The second kappa shape index (κ2) is 12.1. The van der Waals surface area contributed by atoms with E-state index < -0.39 is 5.97 Å². The number of rotatable bonds is 5. The molecule has 3 aromatic carbocycles. The number of ether oxygens (including phenoxy) is 1. The predicted molar refractivity (Wildman–Crippen MR) is 118 cm³/mol. The van der Waals surface area contributed by atoms with E-state index in [9.17, 15) is 4.79 Å². The van der Waals surface area contributed by atoms with Gasteiger partial charge >= 0.3 is 29.6 Å². The van der Waals surface area contributed by atoms with Gasteiger partial charge in [0, 0.05) is 17.9 Å². The molecule has 1 heterocycles. The molecule has 4 N–H and O–H groups in total. The van der Waals surface area contributed by atoms with E-state index in [1.807, 2.05) is 55.5 Å². The first-order valence-corrected chi connectivity index (χ1v) is 9.64. The number of hydrogen-bond donors (Lipinski definition) is 4. The van der Waals surface area contributed by atoms with Gasteiger partial charge in [0.2, 0.25) is 0 Å². The molecule has 0 atom stereocenters. The maximum atomic E-state index is 12.3. The fourth-order valence-corrected chi connectivity index (χ4v) is 2.94. The number of nitrogens with one attached hydrogen (secondary N) is 3. The van der Waals surface area contributed by atoms with E-state index in [-0.39, 0.29) is 35.5 Å². The first-order chi connectivity index (χ1) is 15.0. The Morgan fingerprint density at radius 2 is 1.84 bits per heavy atom. The topological polar surface area (TPSA) is 103 Å². The van der Waals surface area contributed by atoms with Crippen LogP contribution in [0.1, 0.15) is 19.4 Å². The SMILES string of the molecule is CC(=O)O.CCOc1c(C=C2NN(Nc3cc[c-]cc3)NC2=O)ccc2ccccc12.[Na+]. The molecular formula is C23H23N4NaO4. The van der Waals surface area contributed by atoms with Gasteiger partial charge in [-0.15, -0.1) is 12.1 Å². The van der Waals surface area contributed by atoms with Gasteiger partial charge in [-0.1, -0.05) is 42.1 Å². The van der Waals surface area contributed by atoms with Gasteiger partial charge in [0.25, 0.3) is 11.9 Å². The van der Waals surface area contributed by atoms with E-state index in [1.165, 1.54) is 5.23 Å². The molecule has 0 radical (unpaired) electrons. The van der Waals surface area contributed by atoms with Crippen LogP contribution in [0.4, 0.5) is 5.69 Å². The van der Waals surface area contributed by atoms with Crippen LogP contribution in [0.15, 0.2) is 66.4 Å². The Balaban J connectivity index is 0.000000672. The Morgan fingerprint density at radius 1 is 1.16 bits per heavy atom. The minimum absolute atomic E-state index is 0. The van der Waals surface area contributed by atoms with Gasteiger partial charge in [-0.05, 0) is 23.6 Å². The fraction of sp³-hybridized carbons (Fsp3) is 0.130. The summed E-state index contributed by atoms with van der Waals surface area (Å²) in [7, 11) is 0. The number of amides is 1. The smallest absolute Gasteiger partial charge is 0.493 e. The molecule has 0 unspecified atom stereocenters. The second-order valence-electron chi connectivity index (χ2n) is 6.50. The van der Waals surface area contributed by atoms with Crippen molar-refractivity contribution in [2.45, 2.75) is 13.8 Å². The van der Waals surface area contributed by atoms with Crippen LogP contribution in [0.5, 0.6) is 5.75 Å². The van der Waals surface area contributed by atoms with Gasteiger partial charge in [0.15, 0.2) is 0 Å². The summed E-state index contributed by atoms with van der Waals surface area (Å²) in [6.07, 6.45) is 1.78. The predicted octanol–water partition coefficient (Wildman–Crippen LogP) is 0.353. The summed E-state index contributed by atoms with van der Waals surface area (Å²) < 4.78 is 5.88. The number of benzene rings is 3. The van der Waals surface area contributed by atoms with Crippen molar-refractivity contribution in [2.75, 3.05) is 12.0 Å². The Hall–Kier alpha value is -3.04. The van der Waals surface area contributed by atoms with Crippen LogP contribution in [0, 0.1) is 6.07 Å². The van der Waals surface area contributed by atoms with Crippen molar-refractivity contribution < 1.29 is 49.0 Å². The molecule has 0 bridgehead atoms. The summed E-state index contributed by atoms with van der Waals surface area (Å²) in [4.78, 5) is 21.3. The summed E-state index contributed by atoms with van der Waals surface area (Å²) in [5.41, 5.74) is 10.9. The number of carbonyl (C=O) groups excluding carboxylic acids is 1. The first kappa shape index (κ1) is 25.2. The Morgan fingerprint density at radius 3 is 2.53 bits per heavy atom. The number of carboxylic acid groups (broad SMARTS) is 1. The Bertz CT molecular complexity index is 1100. The molecule has 0 saturated carbocycles. The van der Waals surface area contributed by atoms with Crippen LogP contribution in [-0.2, 0) is 9.59 Å². The third-order valence-electron chi connectivity index (χ3n) is 4.15. The summed E-state index contributed by atoms with van der Waals surface area (Å²) in [6.45, 7) is 3.57. The van der Waals surface area contributed by atoms with Crippen LogP contribution >= 0.6 is 0 Å². The van der Waals surface area contributed by atoms with Crippen molar-refractivity contribution in [3.05, 3.63) is 78.0 Å². The van der Waals surface area contributed by atoms with Crippen molar-refractivity contribution in [1.29, 1.82) is 0 Å². The van der Waals surface area contributed by atoms with Crippen molar-refractivity contribution in [1.82, 2.24) is 16.1 Å². The summed E-state index contributed by atoms with van der Waals surface area (Å²) in [6, 6.07) is 22.2. The van der Waals surface area contributed by atoms with E-state index in [4.69, 9.17) is 14.6 Å². The van der Waals surface area contributed by atoms with Crippen LogP contribution in [0.3, 0.4) is 0 Å². The fourth-order valence-electron chi connectivity index (χ4n) is 2.94. The molecule has 1 fully saturated rings. The van der Waals surface area contributed by atoms with Crippen LogP contribution in [0.2, 0.25) is 0 Å². The summed E-state index contributed by atoms with van der Waals surface area (Å²) >= 11 is 0. The number of hydrazine groups is 3. The molecule has 8 nitrogen and oxygen atoms in total. The van der Waals surface area contributed by atoms with Crippen molar-refractivity contribution in [3.63, 3.8) is 0 Å². The van der Waals surface area contributed by atoms with Crippen LogP contribution < -0.4 is 50.6 Å². The quantitative estimate of drug-likeness (QED) is 0.257. The Kier molecular flexibility index (Phi) is 9.55. The molecule has 1 aliphatic heterocycles. The number of carbonyl (C=O) groups is 2. The van der Waals surface area contributed by atoms with Gasteiger partial charge in [-0.2, -0.15) is 18.2 Å². The zero-order chi connectivity index (χ0) is 22.2. The first-order valence-electron chi connectivity index (χ1n) is 9.64. The van der Waals surface area contributed by atoms with Gasteiger partial charge < -0.3 is 15.3 Å². The number of anilines is 1. The van der Waals surface area contributed by atoms with E-state index in [0.29, 0.717) is 12.3 Å². The minimum Gasteiger partial charge on any atom is -0.493 e. The normalized spacial score (nSPS) is 13.9. The zero-order valence-corrected chi connectivity index (χ0v) is 20.2. The van der Waals surface area contributed by atoms with Crippen LogP contribution in [-0.4, -0.2) is 28.8 Å². The molecule has 1 aliphatic rings.